The van der Waals surface area contributed by atoms with Crippen molar-refractivity contribution in [3.63, 3.8) is 0 Å². The number of hydrogen-bond donors (Lipinski definition) is 1. The number of aryl methyl sites for hydroxylation is 2. The molecule has 3 aromatic carbocycles. The van der Waals surface area contributed by atoms with Crippen molar-refractivity contribution in [1.29, 1.82) is 0 Å². The van der Waals surface area contributed by atoms with E-state index in [1.54, 1.807) is 6.92 Å². The summed E-state index contributed by atoms with van der Waals surface area (Å²) in [5.41, 5.74) is 6.48. The molecule has 0 spiro atoms. The van der Waals surface area contributed by atoms with E-state index in [-0.39, 0.29) is 23.8 Å². The van der Waals surface area contributed by atoms with Gasteiger partial charge >= 0.3 is 0 Å². The van der Waals surface area contributed by atoms with Gasteiger partial charge in [-0.15, -0.1) is 0 Å². The molecule has 1 heterocycles. The first-order valence-corrected chi connectivity index (χ1v) is 12.4. The number of hydrogen-bond acceptors (Lipinski definition) is 3. The van der Waals surface area contributed by atoms with Crippen molar-refractivity contribution in [2.45, 2.75) is 52.2 Å². The van der Waals surface area contributed by atoms with Crippen molar-refractivity contribution in [2.24, 2.45) is 5.92 Å². The quantitative estimate of drug-likeness (QED) is 0.513. The van der Waals surface area contributed by atoms with Gasteiger partial charge in [-0.25, -0.2) is 0 Å². The van der Waals surface area contributed by atoms with Crippen LogP contribution in [0.25, 0.3) is 0 Å². The van der Waals surface area contributed by atoms with Gasteiger partial charge in [0.05, 0.1) is 6.04 Å². The van der Waals surface area contributed by atoms with E-state index in [2.05, 4.69) is 42.6 Å². The van der Waals surface area contributed by atoms with Crippen LogP contribution in [0, 0.1) is 19.8 Å². The van der Waals surface area contributed by atoms with Crippen molar-refractivity contribution in [3.05, 3.63) is 94.5 Å². The number of anilines is 1. The predicted molar refractivity (Wildman–Crippen MR) is 138 cm³/mol. The lowest BCUT2D eigenvalue weighted by molar-refractivity contribution is -0.134. The third-order valence-corrected chi connectivity index (χ3v) is 6.95. The molecule has 0 unspecified atom stereocenters. The maximum Gasteiger partial charge on any atom is 0.265 e. The van der Waals surface area contributed by atoms with Gasteiger partial charge in [-0.3, -0.25) is 9.59 Å². The lowest BCUT2D eigenvalue weighted by Crippen LogP contribution is -2.41. The fourth-order valence-electron chi connectivity index (χ4n) is 4.72. The van der Waals surface area contributed by atoms with Crippen LogP contribution in [0.3, 0.4) is 0 Å². The number of nitrogens with zero attached hydrogens (tertiary/aromatic N) is 1. The van der Waals surface area contributed by atoms with Crippen LogP contribution in [0.2, 0.25) is 0 Å². The number of nitrogens with one attached hydrogen (secondary N) is 1. The normalized spacial score (nSPS) is 17.9. The van der Waals surface area contributed by atoms with Crippen LogP contribution in [0.15, 0.2) is 66.7 Å². The van der Waals surface area contributed by atoms with E-state index in [1.807, 2.05) is 48.2 Å². The van der Waals surface area contributed by atoms with E-state index in [9.17, 15) is 9.59 Å². The smallest absolute Gasteiger partial charge is 0.265 e. The summed E-state index contributed by atoms with van der Waals surface area (Å²) in [6.07, 6.45) is 2.12. The van der Waals surface area contributed by atoms with Crippen molar-refractivity contribution in [1.82, 2.24) is 4.90 Å². The zero-order valence-corrected chi connectivity index (χ0v) is 20.6. The molecule has 1 N–H and O–H groups in total. The Kier molecular flexibility index (Phi) is 6.33. The minimum absolute atomic E-state index is 0.146. The molecule has 5 heteroatoms. The molecule has 1 aliphatic heterocycles. The topological polar surface area (TPSA) is 58.6 Å². The first-order chi connectivity index (χ1) is 16.9. The highest BCUT2D eigenvalue weighted by molar-refractivity contribution is 5.94. The molecule has 0 bridgehead atoms. The Bertz CT molecular complexity index is 1230. The second-order valence-electron chi connectivity index (χ2n) is 9.85. The molecule has 0 saturated heterocycles. The van der Waals surface area contributed by atoms with E-state index in [0.717, 1.165) is 48.2 Å². The van der Waals surface area contributed by atoms with Crippen LogP contribution in [0.5, 0.6) is 5.75 Å². The summed E-state index contributed by atoms with van der Waals surface area (Å²) in [6, 6.07) is 22.0. The number of benzene rings is 3. The van der Waals surface area contributed by atoms with E-state index < -0.39 is 6.10 Å². The fraction of sp³-hybridized carbons (Fsp3) is 0.333. The Hall–Kier alpha value is -3.60. The van der Waals surface area contributed by atoms with Crippen molar-refractivity contribution in [3.8, 4) is 5.75 Å². The molecule has 3 aromatic rings. The van der Waals surface area contributed by atoms with Gasteiger partial charge in [-0.1, -0.05) is 53.6 Å². The Morgan fingerprint density at radius 2 is 1.60 bits per heavy atom. The van der Waals surface area contributed by atoms with E-state index in [0.29, 0.717) is 5.75 Å². The molecule has 180 valence electrons. The third kappa shape index (κ3) is 5.09. The van der Waals surface area contributed by atoms with Crippen LogP contribution in [-0.2, 0) is 16.0 Å². The van der Waals surface area contributed by atoms with Crippen LogP contribution < -0.4 is 10.1 Å². The first-order valence-electron chi connectivity index (χ1n) is 12.4. The van der Waals surface area contributed by atoms with Gasteiger partial charge in [0.2, 0.25) is 5.91 Å². The van der Waals surface area contributed by atoms with Gasteiger partial charge in [0, 0.05) is 18.2 Å². The lowest BCUT2D eigenvalue weighted by atomic mass is 9.87. The summed E-state index contributed by atoms with van der Waals surface area (Å²) in [7, 11) is 0. The Morgan fingerprint density at radius 1 is 0.943 bits per heavy atom. The molecule has 1 aliphatic carbocycles. The second kappa shape index (κ2) is 9.57. The Morgan fingerprint density at radius 3 is 2.26 bits per heavy atom. The van der Waals surface area contributed by atoms with Crippen molar-refractivity contribution >= 4 is 17.5 Å². The zero-order valence-electron chi connectivity index (χ0n) is 20.6. The summed E-state index contributed by atoms with van der Waals surface area (Å²) in [5.74, 6) is 0.841. The van der Waals surface area contributed by atoms with Gasteiger partial charge in [-0.05, 0) is 81.0 Å². The number of fused-ring (bicyclic) bond motifs is 1. The van der Waals surface area contributed by atoms with Crippen LogP contribution in [0.4, 0.5) is 5.69 Å². The Labute approximate surface area is 207 Å². The largest absolute Gasteiger partial charge is 0.481 e. The van der Waals surface area contributed by atoms with Gasteiger partial charge in [0.25, 0.3) is 5.91 Å². The molecular weight excluding hydrogens is 436 g/mol. The molecule has 5 rings (SSSR count). The van der Waals surface area contributed by atoms with Crippen molar-refractivity contribution < 1.29 is 14.3 Å². The number of carbonyl (C=O) groups excluding carboxylic acids is 2. The highest BCUT2D eigenvalue weighted by Crippen LogP contribution is 2.41. The molecule has 0 aromatic heterocycles. The van der Waals surface area contributed by atoms with Gasteiger partial charge in [0.1, 0.15) is 5.75 Å². The number of amides is 2. The number of rotatable bonds is 6. The second-order valence-corrected chi connectivity index (χ2v) is 9.85. The van der Waals surface area contributed by atoms with E-state index in [1.165, 1.54) is 11.1 Å². The minimum atomic E-state index is -0.667. The first kappa shape index (κ1) is 23.2. The average Bonchev–Trinajstić information content (AvgIpc) is 3.70. The third-order valence-electron chi connectivity index (χ3n) is 6.95. The maximum atomic E-state index is 13.2. The molecule has 35 heavy (non-hydrogen) atoms. The van der Waals surface area contributed by atoms with Crippen molar-refractivity contribution in [2.75, 3.05) is 11.9 Å². The van der Waals surface area contributed by atoms with Gasteiger partial charge in [-0.2, -0.15) is 0 Å². The fourth-order valence-corrected chi connectivity index (χ4v) is 4.72. The summed E-state index contributed by atoms with van der Waals surface area (Å²) in [4.78, 5) is 28.0. The van der Waals surface area contributed by atoms with Crippen LogP contribution >= 0.6 is 0 Å². The molecule has 5 nitrogen and oxygen atoms in total. The standard InChI is InChI=1S/C30H32N2O3/c1-19-4-8-23(9-5-19)28-27-18-26(15-12-22(27)16-17-32(28)30(34)24-10-11-24)35-21(3)29(33)31-25-13-6-20(2)7-14-25/h4-9,12-15,18,21,24,28H,10-11,16-17H2,1-3H3,(H,31,33)/t21-,28-/m1/s1. The highest BCUT2D eigenvalue weighted by Gasteiger charge is 2.39. The summed E-state index contributed by atoms with van der Waals surface area (Å²) in [5, 5.41) is 2.92. The van der Waals surface area contributed by atoms with Gasteiger partial charge in [0.15, 0.2) is 6.10 Å². The number of ether oxygens (including phenoxy) is 1. The lowest BCUT2D eigenvalue weighted by Gasteiger charge is -2.38. The number of carbonyl (C=O) groups is 2. The SMILES string of the molecule is Cc1ccc(NC(=O)[C@@H](C)Oc2ccc3c(c2)[C@@H](c2ccc(C)cc2)N(C(=O)C2CC2)CC3)cc1. The summed E-state index contributed by atoms with van der Waals surface area (Å²) < 4.78 is 6.08. The molecule has 1 saturated carbocycles. The molecule has 2 atom stereocenters. The van der Waals surface area contributed by atoms with E-state index >= 15 is 0 Å². The molecule has 1 fully saturated rings. The molecular formula is C30H32N2O3. The minimum Gasteiger partial charge on any atom is -0.481 e. The average molecular weight is 469 g/mol. The highest BCUT2D eigenvalue weighted by atomic mass is 16.5. The predicted octanol–water partition coefficient (Wildman–Crippen LogP) is 5.59. The van der Waals surface area contributed by atoms with Crippen LogP contribution in [0.1, 0.15) is 53.6 Å². The van der Waals surface area contributed by atoms with E-state index in [4.69, 9.17) is 4.74 Å². The monoisotopic (exact) mass is 468 g/mol. The maximum absolute atomic E-state index is 13.2. The molecule has 2 aliphatic rings. The van der Waals surface area contributed by atoms with Crippen LogP contribution in [-0.4, -0.2) is 29.4 Å². The summed E-state index contributed by atoms with van der Waals surface area (Å²) in [6.45, 7) is 6.55. The van der Waals surface area contributed by atoms with Gasteiger partial charge < -0.3 is 15.0 Å². The summed E-state index contributed by atoms with van der Waals surface area (Å²) >= 11 is 0. The molecule has 0 radical (unpaired) electrons. The molecule has 2 amide bonds. The zero-order chi connectivity index (χ0) is 24.5. The Balaban J connectivity index is 1.40.